The maximum absolute atomic E-state index is 12.1. The third kappa shape index (κ3) is 4.95. The normalized spacial score (nSPS) is 19.4. The van der Waals surface area contributed by atoms with Crippen LogP contribution in [0.1, 0.15) is 49.4 Å². The second-order valence-electron chi connectivity index (χ2n) is 5.68. The molecule has 0 aromatic heterocycles. The van der Waals surface area contributed by atoms with E-state index in [1.807, 2.05) is 24.3 Å². The minimum atomic E-state index is 0.0469. The number of carbonyl (C=O) groups is 1. The van der Waals surface area contributed by atoms with Gasteiger partial charge in [-0.05, 0) is 67.0 Å². The van der Waals surface area contributed by atoms with Crippen molar-refractivity contribution >= 4 is 28.5 Å². The van der Waals surface area contributed by atoms with Gasteiger partial charge in [0, 0.05) is 22.7 Å². The van der Waals surface area contributed by atoms with Gasteiger partial charge in [0.25, 0.3) is 5.91 Å². The molecule has 1 fully saturated rings. The second-order valence-corrected chi connectivity index (χ2v) is 6.85. The van der Waals surface area contributed by atoms with Crippen LogP contribution in [0.5, 0.6) is 0 Å². The average Bonchev–Trinajstić information content (AvgIpc) is 2.52. The number of carbonyl (C=O) groups excluding carboxylic acids is 1. The number of nitrogens with zero attached hydrogens (tertiary/aromatic N) is 1. The first-order valence-electron chi connectivity index (χ1n) is 7.99. The monoisotopic (exact) mass is 400 g/mol. The third-order valence-corrected chi connectivity index (χ3v) is 5.19. The topological polar surface area (TPSA) is 32.3 Å². The van der Waals surface area contributed by atoms with Crippen LogP contribution in [0.3, 0.4) is 0 Å². The lowest BCUT2D eigenvalue weighted by Gasteiger charge is -2.35. The van der Waals surface area contributed by atoms with Crippen LogP contribution in [0.4, 0.5) is 0 Å². The number of halogens is 1. The molecule has 1 amide bonds. The van der Waals surface area contributed by atoms with Gasteiger partial charge in [-0.25, -0.2) is 0 Å². The van der Waals surface area contributed by atoms with Crippen molar-refractivity contribution in [1.29, 1.82) is 0 Å². The Hall–Kier alpha value is -0.620. The number of benzene rings is 1. The lowest BCUT2D eigenvalue weighted by molar-refractivity contribution is 0.0946. The molecule has 2 rings (SSSR count). The van der Waals surface area contributed by atoms with Crippen LogP contribution in [0.15, 0.2) is 24.3 Å². The maximum Gasteiger partial charge on any atom is 0.252 e. The molecule has 3 nitrogen and oxygen atoms in total. The number of piperidine rings is 1. The van der Waals surface area contributed by atoms with Gasteiger partial charge in [-0.3, -0.25) is 4.79 Å². The zero-order chi connectivity index (χ0) is 15.1. The van der Waals surface area contributed by atoms with Crippen LogP contribution in [-0.2, 0) is 0 Å². The summed E-state index contributed by atoms with van der Waals surface area (Å²) < 4.78 is 1.01. The molecule has 116 valence electrons. The molecule has 1 saturated heterocycles. The largest absolute Gasteiger partial charge is 0.352 e. The SMILES string of the molecule is CCC1CCCCN1CCCNC(=O)c1ccccc1I. The fourth-order valence-corrected chi connectivity index (χ4v) is 3.67. The summed E-state index contributed by atoms with van der Waals surface area (Å²) in [5, 5.41) is 3.04. The molecule has 0 saturated carbocycles. The molecule has 1 aliphatic rings. The van der Waals surface area contributed by atoms with Gasteiger partial charge in [0.15, 0.2) is 0 Å². The molecule has 0 bridgehead atoms. The second kappa shape index (κ2) is 8.73. The van der Waals surface area contributed by atoms with Gasteiger partial charge < -0.3 is 10.2 Å². The Labute approximate surface area is 141 Å². The summed E-state index contributed by atoms with van der Waals surface area (Å²) >= 11 is 2.21. The quantitative estimate of drug-likeness (QED) is 0.584. The minimum Gasteiger partial charge on any atom is -0.352 e. The molecule has 1 atom stereocenters. The number of nitrogens with one attached hydrogen (secondary N) is 1. The van der Waals surface area contributed by atoms with Crippen LogP contribution in [0.25, 0.3) is 0 Å². The Bertz CT molecular complexity index is 464. The molecular weight excluding hydrogens is 375 g/mol. The van der Waals surface area contributed by atoms with E-state index in [9.17, 15) is 4.79 Å². The van der Waals surface area contributed by atoms with E-state index < -0.39 is 0 Å². The van der Waals surface area contributed by atoms with E-state index in [0.29, 0.717) is 0 Å². The molecule has 21 heavy (non-hydrogen) atoms. The van der Waals surface area contributed by atoms with E-state index in [1.54, 1.807) is 0 Å². The number of rotatable bonds is 6. The molecule has 0 aliphatic carbocycles. The highest BCUT2D eigenvalue weighted by Crippen LogP contribution is 2.19. The van der Waals surface area contributed by atoms with Crippen molar-refractivity contribution in [3.63, 3.8) is 0 Å². The predicted octanol–water partition coefficient (Wildman–Crippen LogP) is 3.68. The Morgan fingerprint density at radius 1 is 1.38 bits per heavy atom. The summed E-state index contributed by atoms with van der Waals surface area (Å²) in [6, 6.07) is 8.48. The molecule has 1 unspecified atom stereocenters. The lowest BCUT2D eigenvalue weighted by atomic mass is 10.00. The lowest BCUT2D eigenvalue weighted by Crippen LogP contribution is -2.40. The highest BCUT2D eigenvalue weighted by molar-refractivity contribution is 14.1. The summed E-state index contributed by atoms with van der Waals surface area (Å²) in [4.78, 5) is 14.7. The zero-order valence-electron chi connectivity index (χ0n) is 12.8. The summed E-state index contributed by atoms with van der Waals surface area (Å²) in [6.07, 6.45) is 6.31. The van der Waals surface area contributed by atoms with E-state index >= 15 is 0 Å². The van der Waals surface area contributed by atoms with Crippen molar-refractivity contribution in [3.05, 3.63) is 33.4 Å². The highest BCUT2D eigenvalue weighted by Gasteiger charge is 2.19. The van der Waals surface area contributed by atoms with Crippen molar-refractivity contribution < 1.29 is 4.79 Å². The zero-order valence-corrected chi connectivity index (χ0v) is 14.9. The Morgan fingerprint density at radius 2 is 2.19 bits per heavy atom. The number of hydrogen-bond donors (Lipinski definition) is 1. The summed E-state index contributed by atoms with van der Waals surface area (Å²) in [5.74, 6) is 0.0469. The van der Waals surface area contributed by atoms with Crippen LogP contribution >= 0.6 is 22.6 Å². The number of likely N-dealkylation sites (tertiary alicyclic amines) is 1. The average molecular weight is 400 g/mol. The van der Waals surface area contributed by atoms with Gasteiger partial charge in [-0.2, -0.15) is 0 Å². The van der Waals surface area contributed by atoms with Crippen molar-refractivity contribution in [2.45, 2.75) is 45.1 Å². The van der Waals surface area contributed by atoms with E-state index in [4.69, 9.17) is 0 Å². The van der Waals surface area contributed by atoms with Crippen LogP contribution in [0, 0.1) is 3.57 Å². The molecule has 1 aromatic carbocycles. The van der Waals surface area contributed by atoms with Crippen molar-refractivity contribution in [2.24, 2.45) is 0 Å². The molecular formula is C17H25IN2O. The van der Waals surface area contributed by atoms with Crippen molar-refractivity contribution in [2.75, 3.05) is 19.6 Å². The van der Waals surface area contributed by atoms with Gasteiger partial charge in [0.1, 0.15) is 0 Å². The van der Waals surface area contributed by atoms with Crippen LogP contribution in [-0.4, -0.2) is 36.5 Å². The van der Waals surface area contributed by atoms with Gasteiger partial charge in [0.05, 0.1) is 5.56 Å². The first-order chi connectivity index (χ1) is 10.2. The Balaban J connectivity index is 1.72. The molecule has 0 radical (unpaired) electrons. The number of amides is 1. The Morgan fingerprint density at radius 3 is 2.95 bits per heavy atom. The van der Waals surface area contributed by atoms with Crippen LogP contribution in [0.2, 0.25) is 0 Å². The summed E-state index contributed by atoms with van der Waals surface area (Å²) in [6.45, 7) is 5.37. The fourth-order valence-electron chi connectivity index (χ4n) is 3.04. The minimum absolute atomic E-state index is 0.0469. The van der Waals surface area contributed by atoms with Gasteiger partial charge in [0.2, 0.25) is 0 Å². The summed E-state index contributed by atoms with van der Waals surface area (Å²) in [5.41, 5.74) is 0.780. The van der Waals surface area contributed by atoms with Gasteiger partial charge >= 0.3 is 0 Å². The Kier molecular flexibility index (Phi) is 6.96. The van der Waals surface area contributed by atoms with E-state index in [-0.39, 0.29) is 5.91 Å². The van der Waals surface area contributed by atoms with Gasteiger partial charge in [-0.15, -0.1) is 0 Å². The maximum atomic E-state index is 12.1. The summed E-state index contributed by atoms with van der Waals surface area (Å²) in [7, 11) is 0. The molecule has 0 spiro atoms. The first kappa shape index (κ1) is 16.7. The molecule has 1 aromatic rings. The molecule has 1 aliphatic heterocycles. The van der Waals surface area contributed by atoms with E-state index in [1.165, 1.54) is 32.2 Å². The molecule has 1 N–H and O–H groups in total. The van der Waals surface area contributed by atoms with Crippen molar-refractivity contribution in [1.82, 2.24) is 10.2 Å². The van der Waals surface area contributed by atoms with E-state index in [0.717, 1.165) is 34.7 Å². The predicted molar refractivity (Wildman–Crippen MR) is 95.6 cm³/mol. The smallest absolute Gasteiger partial charge is 0.252 e. The van der Waals surface area contributed by atoms with Crippen molar-refractivity contribution in [3.8, 4) is 0 Å². The molecule has 4 heteroatoms. The molecule has 1 heterocycles. The highest BCUT2D eigenvalue weighted by atomic mass is 127. The fraction of sp³-hybridized carbons (Fsp3) is 0.588. The van der Waals surface area contributed by atoms with Gasteiger partial charge in [-0.1, -0.05) is 25.5 Å². The van der Waals surface area contributed by atoms with Crippen LogP contribution < -0.4 is 5.32 Å². The first-order valence-corrected chi connectivity index (χ1v) is 9.07. The number of hydrogen-bond acceptors (Lipinski definition) is 2. The standard InChI is InChI=1S/C17H25IN2O/c1-2-14-8-5-6-12-20(14)13-7-11-19-17(21)15-9-3-4-10-16(15)18/h3-4,9-10,14H,2,5-8,11-13H2,1H3,(H,19,21). The van der Waals surface area contributed by atoms with E-state index in [2.05, 4.69) is 39.7 Å². The third-order valence-electron chi connectivity index (χ3n) is 4.25.